The molecule has 21 heavy (non-hydrogen) atoms. The van der Waals surface area contributed by atoms with Gasteiger partial charge in [0.15, 0.2) is 0 Å². The molecule has 0 spiro atoms. The van der Waals surface area contributed by atoms with E-state index < -0.39 is 0 Å². The topological polar surface area (TPSA) is 21.3 Å². The minimum Gasteiger partial charge on any atom is -0.494 e. The zero-order valence-corrected chi connectivity index (χ0v) is 14.1. The predicted octanol–water partition coefficient (Wildman–Crippen LogP) is 5.02. The second-order valence-electron chi connectivity index (χ2n) is 7.90. The third kappa shape index (κ3) is 2.33. The molecule has 3 rings (SSSR count). The fourth-order valence-corrected chi connectivity index (χ4v) is 4.87. The van der Waals surface area contributed by atoms with Crippen molar-refractivity contribution in [1.29, 1.82) is 0 Å². The Bertz CT molecular complexity index is 532. The van der Waals surface area contributed by atoms with Crippen molar-refractivity contribution >= 4 is 5.69 Å². The molecule has 0 amide bonds. The number of benzene rings is 1. The van der Waals surface area contributed by atoms with E-state index in [1.807, 2.05) is 6.92 Å². The summed E-state index contributed by atoms with van der Waals surface area (Å²) in [7, 11) is 0. The molecule has 0 saturated heterocycles. The predicted molar refractivity (Wildman–Crippen MR) is 89.0 cm³/mol. The second-order valence-corrected chi connectivity index (χ2v) is 7.90. The molecule has 1 N–H and O–H groups in total. The molecule has 2 heteroatoms. The van der Waals surface area contributed by atoms with Crippen LogP contribution in [0.15, 0.2) is 18.2 Å². The smallest absolute Gasteiger partial charge is 0.119 e. The number of nitrogens with one attached hydrogen (secondary N) is 1. The number of rotatable bonds is 4. The van der Waals surface area contributed by atoms with Gasteiger partial charge in [-0.2, -0.15) is 0 Å². The first-order valence-corrected chi connectivity index (χ1v) is 8.37. The zero-order valence-electron chi connectivity index (χ0n) is 14.1. The number of aryl methyl sites for hydroxylation is 1. The van der Waals surface area contributed by atoms with Crippen LogP contribution in [-0.2, 0) is 0 Å². The largest absolute Gasteiger partial charge is 0.494 e. The molecule has 3 atom stereocenters. The normalized spacial score (nSPS) is 33.2. The molecule has 0 radical (unpaired) electrons. The maximum absolute atomic E-state index is 5.59. The summed E-state index contributed by atoms with van der Waals surface area (Å²) in [5.74, 6) is 1.85. The van der Waals surface area contributed by atoms with E-state index in [0.717, 1.165) is 18.3 Å². The van der Waals surface area contributed by atoms with Crippen molar-refractivity contribution in [2.45, 2.75) is 59.9 Å². The van der Waals surface area contributed by atoms with Crippen LogP contribution >= 0.6 is 0 Å². The van der Waals surface area contributed by atoms with Crippen LogP contribution in [0.5, 0.6) is 5.75 Å². The van der Waals surface area contributed by atoms with Crippen LogP contribution in [0.2, 0.25) is 0 Å². The first kappa shape index (κ1) is 14.7. The van der Waals surface area contributed by atoms with Gasteiger partial charge in [0.05, 0.1) is 6.61 Å². The minimum absolute atomic E-state index is 0.387. The molecule has 2 aliphatic carbocycles. The minimum atomic E-state index is 0.387. The van der Waals surface area contributed by atoms with Crippen LogP contribution in [0.1, 0.15) is 52.5 Å². The van der Waals surface area contributed by atoms with Gasteiger partial charge in [-0.1, -0.05) is 20.8 Å². The molecule has 2 saturated carbocycles. The average Bonchev–Trinajstić information content (AvgIpc) is 2.88. The Morgan fingerprint density at radius 3 is 2.62 bits per heavy atom. The Hall–Kier alpha value is -1.18. The van der Waals surface area contributed by atoms with Crippen molar-refractivity contribution in [3.63, 3.8) is 0 Å². The molecular weight excluding hydrogens is 258 g/mol. The summed E-state index contributed by atoms with van der Waals surface area (Å²) in [5.41, 5.74) is 3.39. The highest BCUT2D eigenvalue weighted by Gasteiger charge is 2.59. The number of anilines is 1. The Morgan fingerprint density at radius 1 is 1.29 bits per heavy atom. The van der Waals surface area contributed by atoms with Crippen molar-refractivity contribution in [1.82, 2.24) is 0 Å². The summed E-state index contributed by atoms with van der Waals surface area (Å²) in [6, 6.07) is 6.99. The fourth-order valence-electron chi connectivity index (χ4n) is 4.87. The van der Waals surface area contributed by atoms with E-state index in [4.69, 9.17) is 4.74 Å². The molecule has 116 valence electrons. The van der Waals surface area contributed by atoms with Crippen LogP contribution < -0.4 is 10.1 Å². The molecule has 2 bridgehead atoms. The van der Waals surface area contributed by atoms with Gasteiger partial charge in [-0.05, 0) is 73.6 Å². The van der Waals surface area contributed by atoms with Crippen LogP contribution in [0, 0.1) is 23.7 Å². The Balaban J connectivity index is 1.83. The summed E-state index contributed by atoms with van der Waals surface area (Å²) in [5, 5.41) is 3.89. The van der Waals surface area contributed by atoms with Gasteiger partial charge in [-0.3, -0.25) is 0 Å². The molecule has 0 aromatic heterocycles. The quantitative estimate of drug-likeness (QED) is 0.839. The fraction of sp³-hybridized carbons (Fsp3) is 0.684. The van der Waals surface area contributed by atoms with Crippen molar-refractivity contribution in [3.05, 3.63) is 23.8 Å². The van der Waals surface area contributed by atoms with Crippen LogP contribution in [0.3, 0.4) is 0 Å². The molecular formula is C19H29NO. The van der Waals surface area contributed by atoms with E-state index in [2.05, 4.69) is 51.2 Å². The molecule has 1 unspecified atom stereocenters. The Morgan fingerprint density at radius 2 is 2.05 bits per heavy atom. The highest BCUT2D eigenvalue weighted by molar-refractivity contribution is 5.55. The summed E-state index contributed by atoms with van der Waals surface area (Å²) >= 11 is 0. The second kappa shape index (κ2) is 4.93. The molecule has 1 aromatic carbocycles. The van der Waals surface area contributed by atoms with Gasteiger partial charge in [0, 0.05) is 11.7 Å². The molecule has 2 nitrogen and oxygen atoms in total. The van der Waals surface area contributed by atoms with Crippen LogP contribution in [0.25, 0.3) is 0 Å². The van der Waals surface area contributed by atoms with E-state index in [9.17, 15) is 0 Å². The monoisotopic (exact) mass is 287 g/mol. The van der Waals surface area contributed by atoms with Gasteiger partial charge in [-0.15, -0.1) is 0 Å². The first-order valence-electron chi connectivity index (χ1n) is 8.37. The van der Waals surface area contributed by atoms with Crippen LogP contribution in [0.4, 0.5) is 5.69 Å². The van der Waals surface area contributed by atoms with Crippen molar-refractivity contribution in [3.8, 4) is 5.75 Å². The molecule has 2 aliphatic rings. The van der Waals surface area contributed by atoms with Gasteiger partial charge in [0.1, 0.15) is 5.75 Å². The number of fused-ring (bicyclic) bond motifs is 2. The van der Waals surface area contributed by atoms with Gasteiger partial charge in [0.25, 0.3) is 0 Å². The highest BCUT2D eigenvalue weighted by atomic mass is 16.5. The molecule has 0 aliphatic heterocycles. The lowest BCUT2D eigenvalue weighted by Gasteiger charge is -2.44. The SMILES string of the molecule is CCOc1ccc(NC2C(C)(C)[C@H]3CC[C@]2(C)C3)c(C)c1. The maximum atomic E-state index is 5.59. The lowest BCUT2D eigenvalue weighted by Crippen LogP contribution is -2.45. The summed E-state index contributed by atoms with van der Waals surface area (Å²) in [6.45, 7) is 12.3. The third-order valence-electron chi connectivity index (χ3n) is 6.08. The highest BCUT2D eigenvalue weighted by Crippen LogP contribution is 2.63. The van der Waals surface area contributed by atoms with Gasteiger partial charge in [-0.25, -0.2) is 0 Å². The average molecular weight is 287 g/mol. The van der Waals surface area contributed by atoms with Crippen molar-refractivity contribution < 1.29 is 4.74 Å². The van der Waals surface area contributed by atoms with Gasteiger partial charge in [0.2, 0.25) is 0 Å². The van der Waals surface area contributed by atoms with E-state index in [1.165, 1.54) is 30.5 Å². The zero-order chi connectivity index (χ0) is 15.3. The Kier molecular flexibility index (Phi) is 3.46. The summed E-state index contributed by atoms with van der Waals surface area (Å²) in [4.78, 5) is 0. The van der Waals surface area contributed by atoms with E-state index in [-0.39, 0.29) is 0 Å². The number of hydrogen-bond donors (Lipinski definition) is 1. The van der Waals surface area contributed by atoms with E-state index in [0.29, 0.717) is 16.9 Å². The van der Waals surface area contributed by atoms with Gasteiger partial charge < -0.3 is 10.1 Å². The van der Waals surface area contributed by atoms with Crippen molar-refractivity contribution in [2.24, 2.45) is 16.7 Å². The van der Waals surface area contributed by atoms with Gasteiger partial charge >= 0.3 is 0 Å². The van der Waals surface area contributed by atoms with E-state index >= 15 is 0 Å². The summed E-state index contributed by atoms with van der Waals surface area (Å²) in [6.07, 6.45) is 4.16. The van der Waals surface area contributed by atoms with E-state index in [1.54, 1.807) is 0 Å². The van der Waals surface area contributed by atoms with Crippen molar-refractivity contribution in [2.75, 3.05) is 11.9 Å². The molecule has 2 fully saturated rings. The standard InChI is InChI=1S/C19H29NO/c1-6-21-15-7-8-16(13(2)11-15)20-17-18(3,4)14-9-10-19(17,5)12-14/h7-8,11,14,17,20H,6,9-10,12H2,1-5H3/t14-,17?,19+/m0/s1. The number of ether oxygens (including phenoxy) is 1. The van der Waals surface area contributed by atoms with Crippen LogP contribution in [-0.4, -0.2) is 12.6 Å². The number of hydrogen-bond acceptors (Lipinski definition) is 2. The molecule has 0 heterocycles. The first-order chi connectivity index (χ1) is 9.87. The lowest BCUT2D eigenvalue weighted by molar-refractivity contribution is 0.155. The summed E-state index contributed by atoms with van der Waals surface area (Å²) < 4.78 is 5.59. The molecule has 1 aromatic rings. The Labute approximate surface area is 129 Å². The third-order valence-corrected chi connectivity index (χ3v) is 6.08. The maximum Gasteiger partial charge on any atom is 0.119 e. The lowest BCUT2D eigenvalue weighted by atomic mass is 9.68.